The van der Waals surface area contributed by atoms with Crippen molar-refractivity contribution in [3.05, 3.63) is 41.4 Å². The lowest BCUT2D eigenvalue weighted by Crippen LogP contribution is -2.33. The van der Waals surface area contributed by atoms with Gasteiger partial charge >= 0.3 is 0 Å². The summed E-state index contributed by atoms with van der Waals surface area (Å²) in [5, 5.41) is 10.8. The molecule has 1 aliphatic rings. The Labute approximate surface area is 139 Å². The normalized spacial score (nSPS) is 20.1. The standard InChI is InChI=1S/C17H20FN3O3/c1-10-20-21-16(24-10)8-11-3-5-13(7-11)19-17(22)12-4-6-15(23-2)14(18)9-12/h4,6,9,11,13H,3,5,7-8H2,1-2H3,(H,19,22)/t11-,13+/m1/s1. The van der Waals surface area contributed by atoms with E-state index in [1.54, 1.807) is 13.0 Å². The summed E-state index contributed by atoms with van der Waals surface area (Å²) in [6, 6.07) is 4.29. The van der Waals surface area contributed by atoms with E-state index in [1.807, 2.05) is 0 Å². The van der Waals surface area contributed by atoms with E-state index in [0.717, 1.165) is 25.7 Å². The highest BCUT2D eigenvalue weighted by Gasteiger charge is 2.27. The van der Waals surface area contributed by atoms with Crippen molar-refractivity contribution in [3.63, 3.8) is 0 Å². The van der Waals surface area contributed by atoms with Crippen LogP contribution in [0.3, 0.4) is 0 Å². The highest BCUT2D eigenvalue weighted by molar-refractivity contribution is 5.94. The summed E-state index contributed by atoms with van der Waals surface area (Å²) in [5.41, 5.74) is 0.296. The predicted molar refractivity (Wildman–Crippen MR) is 84.3 cm³/mol. The Morgan fingerprint density at radius 1 is 1.42 bits per heavy atom. The fourth-order valence-electron chi connectivity index (χ4n) is 3.13. The lowest BCUT2D eigenvalue weighted by atomic mass is 10.0. The molecule has 2 atom stereocenters. The maximum atomic E-state index is 13.7. The Morgan fingerprint density at radius 2 is 2.25 bits per heavy atom. The molecule has 0 unspecified atom stereocenters. The lowest BCUT2D eigenvalue weighted by molar-refractivity contribution is 0.0936. The highest BCUT2D eigenvalue weighted by atomic mass is 19.1. The number of nitrogens with zero attached hydrogens (tertiary/aromatic N) is 2. The van der Waals surface area contributed by atoms with Crippen molar-refractivity contribution < 1.29 is 18.3 Å². The molecule has 7 heteroatoms. The molecule has 128 valence electrons. The Bertz CT molecular complexity index is 732. The van der Waals surface area contributed by atoms with Crippen LogP contribution in [0.5, 0.6) is 5.75 Å². The lowest BCUT2D eigenvalue weighted by Gasteiger charge is -2.13. The van der Waals surface area contributed by atoms with E-state index in [2.05, 4.69) is 15.5 Å². The zero-order chi connectivity index (χ0) is 17.1. The molecule has 0 radical (unpaired) electrons. The largest absolute Gasteiger partial charge is 0.494 e. The first kappa shape index (κ1) is 16.4. The molecule has 24 heavy (non-hydrogen) atoms. The summed E-state index contributed by atoms with van der Waals surface area (Å²) >= 11 is 0. The molecular weight excluding hydrogens is 313 g/mol. The van der Waals surface area contributed by atoms with Crippen molar-refractivity contribution in [2.24, 2.45) is 5.92 Å². The van der Waals surface area contributed by atoms with Gasteiger partial charge in [0.1, 0.15) is 0 Å². The van der Waals surface area contributed by atoms with Crippen LogP contribution in [0.25, 0.3) is 0 Å². The van der Waals surface area contributed by atoms with Gasteiger partial charge in [0.05, 0.1) is 7.11 Å². The Hall–Kier alpha value is -2.44. The third-order valence-electron chi connectivity index (χ3n) is 4.32. The number of carbonyl (C=O) groups is 1. The van der Waals surface area contributed by atoms with Crippen molar-refractivity contribution in [1.82, 2.24) is 15.5 Å². The molecule has 1 heterocycles. The third-order valence-corrected chi connectivity index (χ3v) is 4.32. The van der Waals surface area contributed by atoms with Gasteiger partial charge in [0, 0.05) is 24.9 Å². The molecule has 1 saturated carbocycles. The second-order valence-electron chi connectivity index (χ2n) is 6.12. The topological polar surface area (TPSA) is 77.2 Å². The molecule has 2 aromatic rings. The summed E-state index contributed by atoms with van der Waals surface area (Å²) < 4.78 is 24.0. The second kappa shape index (κ2) is 6.98. The number of nitrogens with one attached hydrogen (secondary N) is 1. The van der Waals surface area contributed by atoms with Gasteiger partial charge in [-0.25, -0.2) is 4.39 Å². The molecule has 6 nitrogen and oxygen atoms in total. The molecular formula is C17H20FN3O3. The number of aromatic nitrogens is 2. The monoisotopic (exact) mass is 333 g/mol. The van der Waals surface area contributed by atoms with E-state index in [1.165, 1.54) is 19.2 Å². The quantitative estimate of drug-likeness (QED) is 0.910. The van der Waals surface area contributed by atoms with Crippen molar-refractivity contribution in [3.8, 4) is 5.75 Å². The van der Waals surface area contributed by atoms with Crippen LogP contribution in [0.15, 0.2) is 22.6 Å². The molecule has 0 spiro atoms. The Kier molecular flexibility index (Phi) is 4.78. The van der Waals surface area contributed by atoms with Crippen LogP contribution in [0.4, 0.5) is 4.39 Å². The summed E-state index contributed by atoms with van der Waals surface area (Å²) in [5.74, 6) is 0.929. The number of hydrogen-bond donors (Lipinski definition) is 1. The van der Waals surface area contributed by atoms with E-state index < -0.39 is 5.82 Å². The van der Waals surface area contributed by atoms with Crippen LogP contribution in [-0.2, 0) is 6.42 Å². The minimum absolute atomic E-state index is 0.0803. The molecule has 0 saturated heterocycles. The predicted octanol–water partition coefficient (Wildman–Crippen LogP) is 2.67. The first-order chi connectivity index (χ1) is 11.5. The first-order valence-electron chi connectivity index (χ1n) is 7.98. The molecule has 0 aliphatic heterocycles. The average molecular weight is 333 g/mol. The number of rotatable bonds is 5. The number of hydrogen-bond acceptors (Lipinski definition) is 5. The average Bonchev–Trinajstić information content (AvgIpc) is 3.16. The van der Waals surface area contributed by atoms with Gasteiger partial charge in [0.2, 0.25) is 11.8 Å². The van der Waals surface area contributed by atoms with Crippen LogP contribution < -0.4 is 10.1 Å². The number of ether oxygens (including phenoxy) is 1. The summed E-state index contributed by atoms with van der Waals surface area (Å²) in [7, 11) is 1.39. The van der Waals surface area contributed by atoms with Gasteiger partial charge in [-0.15, -0.1) is 10.2 Å². The zero-order valence-electron chi connectivity index (χ0n) is 13.7. The molecule has 1 aliphatic carbocycles. The van der Waals surface area contributed by atoms with Gasteiger partial charge in [-0.05, 0) is 43.4 Å². The number of amides is 1. The van der Waals surface area contributed by atoms with E-state index in [0.29, 0.717) is 23.3 Å². The van der Waals surface area contributed by atoms with E-state index in [9.17, 15) is 9.18 Å². The Balaban J connectivity index is 1.55. The van der Waals surface area contributed by atoms with Crippen LogP contribution in [-0.4, -0.2) is 29.3 Å². The van der Waals surface area contributed by atoms with E-state index in [-0.39, 0.29) is 17.7 Å². The summed E-state index contributed by atoms with van der Waals surface area (Å²) in [6.07, 6.45) is 3.46. The van der Waals surface area contributed by atoms with Crippen LogP contribution >= 0.6 is 0 Å². The summed E-state index contributed by atoms with van der Waals surface area (Å²) in [4.78, 5) is 12.3. The van der Waals surface area contributed by atoms with Crippen LogP contribution in [0.1, 0.15) is 41.4 Å². The van der Waals surface area contributed by atoms with Crippen molar-refractivity contribution >= 4 is 5.91 Å². The SMILES string of the molecule is COc1ccc(C(=O)N[C@H]2CC[C@@H](Cc3nnc(C)o3)C2)cc1F. The zero-order valence-corrected chi connectivity index (χ0v) is 13.7. The fraction of sp³-hybridized carbons (Fsp3) is 0.471. The second-order valence-corrected chi connectivity index (χ2v) is 6.12. The van der Waals surface area contributed by atoms with E-state index >= 15 is 0 Å². The van der Waals surface area contributed by atoms with Gasteiger partial charge in [-0.1, -0.05) is 0 Å². The van der Waals surface area contributed by atoms with Gasteiger partial charge in [0.25, 0.3) is 5.91 Å². The number of methoxy groups -OCH3 is 1. The van der Waals surface area contributed by atoms with Gasteiger partial charge in [-0.2, -0.15) is 0 Å². The minimum Gasteiger partial charge on any atom is -0.494 e. The molecule has 1 aromatic heterocycles. The van der Waals surface area contributed by atoms with Gasteiger partial charge in [0.15, 0.2) is 11.6 Å². The van der Waals surface area contributed by atoms with Crippen molar-refractivity contribution in [2.45, 2.75) is 38.6 Å². The maximum Gasteiger partial charge on any atom is 0.251 e. The molecule has 1 amide bonds. The number of benzene rings is 1. The molecule has 0 bridgehead atoms. The maximum absolute atomic E-state index is 13.7. The molecule has 1 aromatic carbocycles. The first-order valence-corrected chi connectivity index (χ1v) is 7.98. The number of aryl methyl sites for hydroxylation is 1. The number of halogens is 1. The number of carbonyl (C=O) groups excluding carboxylic acids is 1. The van der Waals surface area contributed by atoms with Gasteiger partial charge in [-0.3, -0.25) is 4.79 Å². The minimum atomic E-state index is -0.541. The third kappa shape index (κ3) is 3.72. The van der Waals surface area contributed by atoms with Crippen molar-refractivity contribution in [2.75, 3.05) is 7.11 Å². The molecule has 1 N–H and O–H groups in total. The van der Waals surface area contributed by atoms with Gasteiger partial charge < -0.3 is 14.5 Å². The molecule has 3 rings (SSSR count). The summed E-state index contributed by atoms with van der Waals surface area (Å²) in [6.45, 7) is 1.77. The highest BCUT2D eigenvalue weighted by Crippen LogP contribution is 2.28. The Morgan fingerprint density at radius 3 is 2.92 bits per heavy atom. The fourth-order valence-corrected chi connectivity index (χ4v) is 3.13. The van der Waals surface area contributed by atoms with E-state index in [4.69, 9.17) is 9.15 Å². The smallest absolute Gasteiger partial charge is 0.251 e. The van der Waals surface area contributed by atoms with Crippen LogP contribution in [0, 0.1) is 18.7 Å². The van der Waals surface area contributed by atoms with Crippen molar-refractivity contribution in [1.29, 1.82) is 0 Å². The van der Waals surface area contributed by atoms with Crippen LogP contribution in [0.2, 0.25) is 0 Å². The molecule has 1 fully saturated rings.